The molecule has 2 aliphatic rings. The fourth-order valence-electron chi connectivity index (χ4n) is 5.49. The summed E-state index contributed by atoms with van der Waals surface area (Å²) >= 11 is 12.9. The molecule has 1 amide bonds. The maximum absolute atomic E-state index is 12.1. The molecule has 2 heterocycles. The standard InChI is InChI=1S/C26H30Cl2N8O2/c1-26(23(30)38)7-5-16(6-8-26)36-22-20(13-31-24(35-22)32-15-3-2-4-17(37)11-15)33-25(36)34-21-18(27)9-14(12-29)10-19(21)28/h9-10,13,15-17,37H,2-8,11H2,1H3,(H2,30,38)(H,33,34)(H,31,32,35)/t15-,16-,17-,26+/m0/s1. The number of hydrogen-bond donors (Lipinski definition) is 4. The molecule has 2 saturated carbocycles. The van der Waals surface area contributed by atoms with E-state index < -0.39 is 5.41 Å². The molecule has 2 atom stereocenters. The number of halogens is 2. The third kappa shape index (κ3) is 5.23. The summed E-state index contributed by atoms with van der Waals surface area (Å²) in [5.41, 5.74) is 7.15. The highest BCUT2D eigenvalue weighted by molar-refractivity contribution is 6.39. The molecule has 2 aromatic heterocycles. The second kappa shape index (κ2) is 10.6. The number of fused-ring (bicyclic) bond motifs is 1. The van der Waals surface area contributed by atoms with E-state index in [1.165, 1.54) is 0 Å². The number of carbonyl (C=O) groups excluding carboxylic acids is 1. The van der Waals surface area contributed by atoms with Gasteiger partial charge in [-0.3, -0.25) is 9.36 Å². The van der Waals surface area contributed by atoms with Gasteiger partial charge in [-0.05, 0) is 63.5 Å². The van der Waals surface area contributed by atoms with Crippen molar-refractivity contribution in [2.45, 2.75) is 76.5 Å². The van der Waals surface area contributed by atoms with Gasteiger partial charge < -0.3 is 21.5 Å². The molecular formula is C26H30Cl2N8O2. The summed E-state index contributed by atoms with van der Waals surface area (Å²) in [6.45, 7) is 1.91. The highest BCUT2D eigenvalue weighted by Gasteiger charge is 2.38. The van der Waals surface area contributed by atoms with Crippen molar-refractivity contribution >= 4 is 57.9 Å². The first-order chi connectivity index (χ1) is 18.2. The Kier molecular flexibility index (Phi) is 7.36. The highest BCUT2D eigenvalue weighted by atomic mass is 35.5. The van der Waals surface area contributed by atoms with Gasteiger partial charge >= 0.3 is 0 Å². The second-order valence-electron chi connectivity index (χ2n) is 10.6. The summed E-state index contributed by atoms with van der Waals surface area (Å²) in [4.78, 5) is 26.1. The minimum atomic E-state index is -0.552. The highest BCUT2D eigenvalue weighted by Crippen LogP contribution is 2.43. The van der Waals surface area contributed by atoms with E-state index in [-0.39, 0.29) is 24.1 Å². The van der Waals surface area contributed by atoms with Crippen LogP contribution in [0.2, 0.25) is 10.0 Å². The maximum Gasteiger partial charge on any atom is 0.224 e. The van der Waals surface area contributed by atoms with Crippen LogP contribution in [0.15, 0.2) is 18.3 Å². The Morgan fingerprint density at radius 3 is 2.55 bits per heavy atom. The topological polar surface area (TPSA) is 155 Å². The summed E-state index contributed by atoms with van der Waals surface area (Å²) < 4.78 is 2.02. The van der Waals surface area contributed by atoms with Crippen molar-refractivity contribution in [3.8, 4) is 6.07 Å². The minimum absolute atomic E-state index is 0.00916. The number of amides is 1. The van der Waals surface area contributed by atoms with Crippen LogP contribution in [-0.4, -0.2) is 42.7 Å². The van der Waals surface area contributed by atoms with Crippen LogP contribution in [0, 0.1) is 16.7 Å². The number of aromatic nitrogens is 4. The molecule has 0 saturated heterocycles. The van der Waals surface area contributed by atoms with Crippen LogP contribution in [0.4, 0.5) is 17.6 Å². The first-order valence-electron chi connectivity index (χ1n) is 12.8. The second-order valence-corrected chi connectivity index (χ2v) is 11.4. The summed E-state index contributed by atoms with van der Waals surface area (Å²) in [6, 6.07) is 5.22. The lowest BCUT2D eigenvalue weighted by atomic mass is 9.73. The molecule has 5 N–H and O–H groups in total. The van der Waals surface area contributed by atoms with Gasteiger partial charge in [-0.25, -0.2) is 9.97 Å². The molecule has 0 bridgehead atoms. The van der Waals surface area contributed by atoms with Crippen LogP contribution in [0.3, 0.4) is 0 Å². The Hall–Kier alpha value is -3.13. The van der Waals surface area contributed by atoms with E-state index in [4.69, 9.17) is 38.9 Å². The Bertz CT molecular complexity index is 1390. The molecule has 3 aromatic rings. The fourth-order valence-corrected chi connectivity index (χ4v) is 6.07. The van der Waals surface area contributed by atoms with E-state index in [0.717, 1.165) is 19.3 Å². The SMILES string of the molecule is C[C@]1(C(N)=O)CC[C@@H](n2c(Nc3c(Cl)cc(C#N)cc3Cl)nc3cnc(N[C@H]4CCC[C@H](O)C4)nc32)CC1. The number of nitriles is 1. The Labute approximate surface area is 230 Å². The number of aliphatic hydroxyl groups excluding tert-OH is 1. The van der Waals surface area contributed by atoms with Gasteiger partial charge in [0.1, 0.15) is 5.52 Å². The van der Waals surface area contributed by atoms with Crippen molar-refractivity contribution in [2.75, 3.05) is 10.6 Å². The maximum atomic E-state index is 12.1. The Morgan fingerprint density at radius 1 is 1.21 bits per heavy atom. The van der Waals surface area contributed by atoms with Crippen molar-refractivity contribution in [3.63, 3.8) is 0 Å². The van der Waals surface area contributed by atoms with Gasteiger partial charge in [0.2, 0.25) is 17.8 Å². The van der Waals surface area contributed by atoms with Gasteiger partial charge in [-0.2, -0.15) is 10.2 Å². The molecule has 0 radical (unpaired) electrons. The number of nitrogens with one attached hydrogen (secondary N) is 2. The predicted octanol–water partition coefficient (Wildman–Crippen LogP) is 5.07. The monoisotopic (exact) mass is 556 g/mol. The third-order valence-corrected chi connectivity index (χ3v) is 8.44. The number of primary amides is 1. The Morgan fingerprint density at radius 2 is 1.92 bits per heavy atom. The van der Waals surface area contributed by atoms with Crippen LogP contribution in [0.5, 0.6) is 0 Å². The molecule has 1 aromatic carbocycles. The smallest absolute Gasteiger partial charge is 0.224 e. The normalized spacial score (nSPS) is 25.6. The fraction of sp³-hybridized carbons (Fsp3) is 0.500. The van der Waals surface area contributed by atoms with Crippen LogP contribution >= 0.6 is 23.2 Å². The molecule has 5 rings (SSSR count). The van der Waals surface area contributed by atoms with Gasteiger partial charge in [0.05, 0.1) is 39.7 Å². The van der Waals surface area contributed by atoms with E-state index in [0.29, 0.717) is 76.5 Å². The van der Waals surface area contributed by atoms with Gasteiger partial charge in [0.15, 0.2) is 5.65 Å². The number of benzene rings is 1. The van der Waals surface area contributed by atoms with E-state index in [1.54, 1.807) is 18.3 Å². The number of aliphatic hydroxyl groups is 1. The molecule has 2 aliphatic carbocycles. The molecular weight excluding hydrogens is 527 g/mol. The molecule has 12 heteroatoms. The summed E-state index contributed by atoms with van der Waals surface area (Å²) in [5.74, 6) is 0.668. The molecule has 0 spiro atoms. The molecule has 38 heavy (non-hydrogen) atoms. The van der Waals surface area contributed by atoms with E-state index in [9.17, 15) is 15.2 Å². The molecule has 2 fully saturated rings. The third-order valence-electron chi connectivity index (χ3n) is 7.84. The quantitative estimate of drug-likeness (QED) is 0.328. The number of imidazole rings is 1. The lowest BCUT2D eigenvalue weighted by molar-refractivity contribution is -0.128. The average molecular weight is 557 g/mol. The van der Waals surface area contributed by atoms with E-state index in [2.05, 4.69) is 15.6 Å². The predicted molar refractivity (Wildman–Crippen MR) is 146 cm³/mol. The zero-order valence-electron chi connectivity index (χ0n) is 21.0. The van der Waals surface area contributed by atoms with Gasteiger partial charge in [0.25, 0.3) is 0 Å². The Balaban J connectivity index is 1.53. The van der Waals surface area contributed by atoms with Gasteiger partial charge in [-0.15, -0.1) is 0 Å². The van der Waals surface area contributed by atoms with E-state index >= 15 is 0 Å². The zero-order valence-corrected chi connectivity index (χ0v) is 22.6. The van der Waals surface area contributed by atoms with E-state index in [1.807, 2.05) is 17.6 Å². The molecule has 0 unspecified atom stereocenters. The summed E-state index contributed by atoms with van der Waals surface area (Å²) in [6.07, 6.45) is 7.38. The largest absolute Gasteiger partial charge is 0.393 e. The average Bonchev–Trinajstić information content (AvgIpc) is 3.23. The number of rotatable bonds is 6. The molecule has 10 nitrogen and oxygen atoms in total. The zero-order chi connectivity index (χ0) is 27.0. The number of hydrogen-bond acceptors (Lipinski definition) is 8. The van der Waals surface area contributed by atoms with Crippen molar-refractivity contribution in [1.82, 2.24) is 19.5 Å². The van der Waals surface area contributed by atoms with Gasteiger partial charge in [-0.1, -0.05) is 30.1 Å². The van der Waals surface area contributed by atoms with Crippen LogP contribution in [-0.2, 0) is 4.79 Å². The van der Waals surface area contributed by atoms with Crippen LogP contribution in [0.1, 0.15) is 69.9 Å². The molecule has 0 aliphatic heterocycles. The lowest BCUT2D eigenvalue weighted by Crippen LogP contribution is -2.38. The van der Waals surface area contributed by atoms with Crippen molar-refractivity contribution in [1.29, 1.82) is 5.26 Å². The van der Waals surface area contributed by atoms with Crippen LogP contribution in [0.25, 0.3) is 11.2 Å². The molecule has 200 valence electrons. The minimum Gasteiger partial charge on any atom is -0.393 e. The van der Waals surface area contributed by atoms with Gasteiger partial charge in [0, 0.05) is 17.5 Å². The number of carbonyl (C=O) groups is 1. The first kappa shape index (κ1) is 26.5. The van der Waals surface area contributed by atoms with Crippen molar-refractivity contribution < 1.29 is 9.90 Å². The number of nitrogens with zero attached hydrogens (tertiary/aromatic N) is 5. The first-order valence-corrected chi connectivity index (χ1v) is 13.6. The van der Waals surface area contributed by atoms with Crippen LogP contribution < -0.4 is 16.4 Å². The summed E-state index contributed by atoms with van der Waals surface area (Å²) in [5, 5.41) is 26.5. The van der Waals surface area contributed by atoms with Crippen molar-refractivity contribution in [2.24, 2.45) is 11.1 Å². The number of anilines is 3. The summed E-state index contributed by atoms with van der Waals surface area (Å²) in [7, 11) is 0. The number of nitrogens with two attached hydrogens (primary N) is 1. The lowest BCUT2D eigenvalue weighted by Gasteiger charge is -2.35. The van der Waals surface area contributed by atoms with Crippen molar-refractivity contribution in [3.05, 3.63) is 33.9 Å².